The van der Waals surface area contributed by atoms with Gasteiger partial charge in [0.1, 0.15) is 0 Å². The van der Waals surface area contributed by atoms with Gasteiger partial charge in [0.05, 0.1) is 0 Å². The van der Waals surface area contributed by atoms with Crippen LogP contribution in [-0.2, 0) is 0 Å². The third kappa shape index (κ3) is 5.41. The lowest BCUT2D eigenvalue weighted by Crippen LogP contribution is -2.03. The highest BCUT2D eigenvalue weighted by Gasteiger charge is 1.88. The molecule has 0 amide bonds. The molecule has 0 aromatic heterocycles. The fraction of sp³-hybridized carbons (Fsp3) is 0.625. The maximum atomic E-state index is 3.81. The molecule has 0 heterocycles. The largest absolute Gasteiger partial charge is 0.392 e. The van der Waals surface area contributed by atoms with Gasteiger partial charge in [-0.3, -0.25) is 0 Å². The molecule has 0 aromatic carbocycles. The van der Waals surface area contributed by atoms with Gasteiger partial charge in [0, 0.05) is 12.7 Å². The van der Waals surface area contributed by atoms with Gasteiger partial charge in [-0.05, 0) is 12.8 Å². The predicted molar refractivity (Wildman–Crippen MR) is 42.0 cm³/mol. The van der Waals surface area contributed by atoms with Crippen molar-refractivity contribution in [3.63, 3.8) is 0 Å². The molecule has 0 aliphatic carbocycles. The smallest absolute Gasteiger partial charge is 0.00310 e. The van der Waals surface area contributed by atoms with Crippen molar-refractivity contribution in [1.29, 1.82) is 0 Å². The molecule has 9 heavy (non-hydrogen) atoms. The van der Waals surface area contributed by atoms with Crippen molar-refractivity contribution in [1.82, 2.24) is 5.32 Å². The van der Waals surface area contributed by atoms with Gasteiger partial charge in [0.25, 0.3) is 0 Å². The Bertz CT molecular complexity index is 76.6. The van der Waals surface area contributed by atoms with Crippen LogP contribution in [0.15, 0.2) is 12.3 Å². The molecular formula is C8H16N. The molecule has 0 saturated carbocycles. The van der Waals surface area contributed by atoms with Crippen LogP contribution in [-0.4, -0.2) is 7.05 Å². The summed E-state index contributed by atoms with van der Waals surface area (Å²) in [7, 11) is 1.91. The average Bonchev–Trinajstić information content (AvgIpc) is 1.89. The summed E-state index contributed by atoms with van der Waals surface area (Å²) in [5, 5.41) is 3.01. The van der Waals surface area contributed by atoms with E-state index >= 15 is 0 Å². The van der Waals surface area contributed by atoms with Gasteiger partial charge in [-0.25, -0.2) is 0 Å². The number of rotatable bonds is 5. The molecule has 0 spiro atoms. The molecule has 0 saturated heterocycles. The van der Waals surface area contributed by atoms with Crippen LogP contribution in [0.25, 0.3) is 0 Å². The standard InChI is InChI=1S/C8H16N/c1-4-5-6-7-8(2)9-3/h9H,1-2,4-7H2,3H3. The van der Waals surface area contributed by atoms with Crippen molar-refractivity contribution in [3.8, 4) is 0 Å². The van der Waals surface area contributed by atoms with E-state index in [0.29, 0.717) is 0 Å². The lowest BCUT2D eigenvalue weighted by molar-refractivity contribution is 0.713. The molecule has 1 nitrogen and oxygen atoms in total. The minimum atomic E-state index is 1.04. The van der Waals surface area contributed by atoms with Gasteiger partial charge < -0.3 is 5.32 Å². The second-order valence-electron chi connectivity index (χ2n) is 2.16. The maximum absolute atomic E-state index is 3.81. The minimum absolute atomic E-state index is 1.04. The molecule has 0 bridgehead atoms. The third-order valence-corrected chi connectivity index (χ3v) is 1.33. The van der Waals surface area contributed by atoms with Crippen LogP contribution in [0.2, 0.25) is 0 Å². The molecule has 0 atom stereocenters. The van der Waals surface area contributed by atoms with Crippen molar-refractivity contribution in [2.24, 2.45) is 0 Å². The molecule has 1 N–H and O–H groups in total. The topological polar surface area (TPSA) is 12.0 Å². The number of hydrogen-bond acceptors (Lipinski definition) is 1. The van der Waals surface area contributed by atoms with Crippen molar-refractivity contribution in [2.75, 3.05) is 7.05 Å². The van der Waals surface area contributed by atoms with Crippen molar-refractivity contribution in [2.45, 2.75) is 25.7 Å². The lowest BCUT2D eigenvalue weighted by atomic mass is 10.2. The first-order valence-electron chi connectivity index (χ1n) is 3.46. The second kappa shape index (κ2) is 5.67. The Balaban J connectivity index is 2.97. The molecule has 53 valence electrons. The average molecular weight is 126 g/mol. The van der Waals surface area contributed by atoms with Crippen LogP contribution in [0, 0.1) is 6.92 Å². The Hall–Kier alpha value is -0.460. The molecule has 0 unspecified atom stereocenters. The molecule has 0 aliphatic heterocycles. The van der Waals surface area contributed by atoms with Gasteiger partial charge in [-0.1, -0.05) is 26.3 Å². The second-order valence-corrected chi connectivity index (χ2v) is 2.16. The Labute approximate surface area is 58.2 Å². The number of allylic oxidation sites excluding steroid dienone is 1. The van der Waals surface area contributed by atoms with Crippen molar-refractivity contribution in [3.05, 3.63) is 19.2 Å². The first-order valence-corrected chi connectivity index (χ1v) is 3.46. The molecule has 0 aliphatic rings. The zero-order valence-corrected chi connectivity index (χ0v) is 6.24. The van der Waals surface area contributed by atoms with E-state index in [2.05, 4.69) is 18.8 Å². The third-order valence-electron chi connectivity index (χ3n) is 1.33. The molecule has 1 heteroatoms. The summed E-state index contributed by atoms with van der Waals surface area (Å²) in [5.74, 6) is 0. The molecular weight excluding hydrogens is 110 g/mol. The Kier molecular flexibility index (Phi) is 5.38. The van der Waals surface area contributed by atoms with E-state index in [0.717, 1.165) is 18.5 Å². The van der Waals surface area contributed by atoms with Crippen molar-refractivity contribution < 1.29 is 0 Å². The molecule has 0 fully saturated rings. The molecule has 1 radical (unpaired) electrons. The first kappa shape index (κ1) is 8.54. The quantitative estimate of drug-likeness (QED) is 0.556. The van der Waals surface area contributed by atoms with E-state index in [4.69, 9.17) is 0 Å². The van der Waals surface area contributed by atoms with E-state index in [1.807, 2.05) is 7.05 Å². The molecule has 0 rings (SSSR count). The van der Waals surface area contributed by atoms with Gasteiger partial charge in [-0.2, -0.15) is 0 Å². The number of hydrogen-bond donors (Lipinski definition) is 1. The van der Waals surface area contributed by atoms with Crippen LogP contribution >= 0.6 is 0 Å². The number of nitrogens with one attached hydrogen (secondary N) is 1. The summed E-state index contributed by atoms with van der Waals surface area (Å²) in [6.45, 7) is 7.57. The maximum Gasteiger partial charge on any atom is 0.00310 e. The van der Waals surface area contributed by atoms with E-state index in [-0.39, 0.29) is 0 Å². The predicted octanol–water partition coefficient (Wildman–Crippen LogP) is 2.11. The SMILES string of the molecule is [CH2]CCCCC(=C)NC. The zero-order valence-electron chi connectivity index (χ0n) is 6.24. The highest BCUT2D eigenvalue weighted by atomic mass is 14.8. The monoisotopic (exact) mass is 126 g/mol. The highest BCUT2D eigenvalue weighted by molar-refractivity contribution is 4.88. The van der Waals surface area contributed by atoms with Crippen LogP contribution in [0.3, 0.4) is 0 Å². The summed E-state index contributed by atoms with van der Waals surface area (Å²) < 4.78 is 0. The summed E-state index contributed by atoms with van der Waals surface area (Å²) in [6, 6.07) is 0. The fourth-order valence-electron chi connectivity index (χ4n) is 0.640. The zero-order chi connectivity index (χ0) is 7.11. The first-order chi connectivity index (χ1) is 4.31. The summed E-state index contributed by atoms with van der Waals surface area (Å²) >= 11 is 0. The summed E-state index contributed by atoms with van der Waals surface area (Å²) in [6.07, 6.45) is 4.55. The van der Waals surface area contributed by atoms with E-state index < -0.39 is 0 Å². The highest BCUT2D eigenvalue weighted by Crippen LogP contribution is 2.02. The van der Waals surface area contributed by atoms with Gasteiger partial charge in [-0.15, -0.1) is 0 Å². The van der Waals surface area contributed by atoms with Crippen LogP contribution in [0.4, 0.5) is 0 Å². The fourth-order valence-corrected chi connectivity index (χ4v) is 0.640. The summed E-state index contributed by atoms with van der Waals surface area (Å²) in [5.41, 5.74) is 1.13. The van der Waals surface area contributed by atoms with Crippen LogP contribution in [0.1, 0.15) is 25.7 Å². The van der Waals surface area contributed by atoms with E-state index in [9.17, 15) is 0 Å². The Morgan fingerprint density at radius 3 is 2.56 bits per heavy atom. The van der Waals surface area contributed by atoms with Crippen LogP contribution < -0.4 is 5.32 Å². The Morgan fingerprint density at radius 2 is 2.11 bits per heavy atom. The van der Waals surface area contributed by atoms with Crippen LogP contribution in [0.5, 0.6) is 0 Å². The van der Waals surface area contributed by atoms with E-state index in [1.165, 1.54) is 12.8 Å². The van der Waals surface area contributed by atoms with Gasteiger partial charge in [0.2, 0.25) is 0 Å². The lowest BCUT2D eigenvalue weighted by Gasteiger charge is -2.01. The molecule has 0 aromatic rings. The Morgan fingerprint density at radius 1 is 1.44 bits per heavy atom. The normalized spacial score (nSPS) is 9.11. The van der Waals surface area contributed by atoms with E-state index in [1.54, 1.807) is 0 Å². The van der Waals surface area contributed by atoms with Gasteiger partial charge in [0.15, 0.2) is 0 Å². The minimum Gasteiger partial charge on any atom is -0.392 e. The van der Waals surface area contributed by atoms with Gasteiger partial charge >= 0.3 is 0 Å². The van der Waals surface area contributed by atoms with Crippen molar-refractivity contribution >= 4 is 0 Å². The number of unbranched alkanes of at least 4 members (excludes halogenated alkanes) is 2. The summed E-state index contributed by atoms with van der Waals surface area (Å²) in [4.78, 5) is 0.